The molecule has 0 aliphatic rings. The number of nitrogens with one attached hydrogen (secondary N) is 2. The van der Waals surface area contributed by atoms with Gasteiger partial charge in [0.25, 0.3) is 0 Å². The number of ether oxygens (including phenoxy) is 1. The summed E-state index contributed by atoms with van der Waals surface area (Å²) in [6, 6.07) is 21.7. The molecule has 3 aromatic carbocycles. The van der Waals surface area contributed by atoms with Crippen LogP contribution >= 0.6 is 11.6 Å². The van der Waals surface area contributed by atoms with E-state index in [1.165, 1.54) is 25.1 Å². The number of rotatable bonds is 9. The lowest BCUT2D eigenvalue weighted by Gasteiger charge is -2.22. The highest BCUT2D eigenvalue weighted by Crippen LogP contribution is 2.27. The largest absolute Gasteiger partial charge is 0.492 e. The Balaban J connectivity index is 1.77. The van der Waals surface area contributed by atoms with Crippen LogP contribution in [0.1, 0.15) is 31.0 Å². The summed E-state index contributed by atoms with van der Waals surface area (Å²) in [5, 5.41) is 3.13. The van der Waals surface area contributed by atoms with Crippen molar-refractivity contribution in [1.82, 2.24) is 10.0 Å². The highest BCUT2D eigenvalue weighted by Gasteiger charge is 2.25. The van der Waals surface area contributed by atoms with Crippen molar-refractivity contribution >= 4 is 27.5 Å². The summed E-state index contributed by atoms with van der Waals surface area (Å²) in [7, 11) is -3.97. The Kier molecular flexibility index (Phi) is 7.90. The van der Waals surface area contributed by atoms with Gasteiger partial charge in [0, 0.05) is 0 Å². The lowest BCUT2D eigenvalue weighted by atomic mass is 9.98. The van der Waals surface area contributed by atoms with Crippen molar-refractivity contribution in [1.29, 1.82) is 0 Å². The third-order valence-electron chi connectivity index (χ3n) is 4.79. The van der Waals surface area contributed by atoms with Crippen LogP contribution in [0.5, 0.6) is 5.75 Å². The fourth-order valence-corrected chi connectivity index (χ4v) is 4.72. The zero-order chi connectivity index (χ0) is 23.1. The highest BCUT2D eigenvalue weighted by atomic mass is 35.5. The Morgan fingerprint density at radius 2 is 1.53 bits per heavy atom. The lowest BCUT2D eigenvalue weighted by Crippen LogP contribution is -2.46. The van der Waals surface area contributed by atoms with Crippen molar-refractivity contribution in [2.75, 3.05) is 6.61 Å². The zero-order valence-electron chi connectivity index (χ0n) is 17.8. The first-order valence-electron chi connectivity index (χ1n) is 10.2. The van der Waals surface area contributed by atoms with Crippen molar-refractivity contribution < 1.29 is 17.9 Å². The molecular weight excluding hydrogens is 448 g/mol. The van der Waals surface area contributed by atoms with Crippen molar-refractivity contribution in [3.8, 4) is 5.75 Å². The molecule has 3 aromatic rings. The number of carbonyl (C=O) groups excluding carboxylic acids is 1. The zero-order valence-corrected chi connectivity index (χ0v) is 19.4. The molecule has 0 heterocycles. The minimum Gasteiger partial charge on any atom is -0.492 e. The summed E-state index contributed by atoms with van der Waals surface area (Å²) in [5.41, 5.74) is 1.78. The van der Waals surface area contributed by atoms with Crippen molar-refractivity contribution in [3.63, 3.8) is 0 Å². The van der Waals surface area contributed by atoms with Gasteiger partial charge in [0.15, 0.2) is 0 Å². The van der Waals surface area contributed by atoms with Gasteiger partial charge in [-0.05, 0) is 43.2 Å². The van der Waals surface area contributed by atoms with Gasteiger partial charge in [-0.3, -0.25) is 4.79 Å². The quantitative estimate of drug-likeness (QED) is 0.486. The maximum atomic E-state index is 12.9. The van der Waals surface area contributed by atoms with Gasteiger partial charge in [0.2, 0.25) is 15.9 Å². The minimum atomic E-state index is -3.97. The summed E-state index contributed by atoms with van der Waals surface area (Å²) in [6.07, 6.45) is 0. The van der Waals surface area contributed by atoms with Crippen LogP contribution in [0, 0.1) is 0 Å². The molecule has 0 aromatic heterocycles. The Hall–Kier alpha value is -2.87. The molecule has 0 spiro atoms. The molecule has 1 amide bonds. The van der Waals surface area contributed by atoms with Gasteiger partial charge in [0.1, 0.15) is 5.75 Å². The van der Waals surface area contributed by atoms with Crippen LogP contribution in [0.15, 0.2) is 83.8 Å². The van der Waals surface area contributed by atoms with Crippen molar-refractivity contribution in [2.24, 2.45) is 0 Å². The van der Waals surface area contributed by atoms with Crippen LogP contribution in [-0.2, 0) is 14.8 Å². The molecule has 0 aliphatic heterocycles. The molecular formula is C24H25ClN2O4S. The van der Waals surface area contributed by atoms with Crippen LogP contribution < -0.4 is 14.8 Å². The molecule has 0 saturated heterocycles. The second-order valence-electron chi connectivity index (χ2n) is 7.13. The second kappa shape index (κ2) is 10.6. The Morgan fingerprint density at radius 1 is 0.969 bits per heavy atom. The molecule has 0 fully saturated rings. The molecule has 0 bridgehead atoms. The van der Waals surface area contributed by atoms with Gasteiger partial charge in [-0.2, -0.15) is 4.72 Å². The van der Waals surface area contributed by atoms with E-state index >= 15 is 0 Å². The average Bonchev–Trinajstić information content (AvgIpc) is 2.79. The smallest absolute Gasteiger partial charge is 0.241 e. The van der Waals surface area contributed by atoms with E-state index in [0.29, 0.717) is 12.4 Å². The summed E-state index contributed by atoms with van der Waals surface area (Å²) in [4.78, 5) is 12.9. The van der Waals surface area contributed by atoms with Crippen LogP contribution in [0.3, 0.4) is 0 Å². The fourth-order valence-electron chi connectivity index (χ4n) is 3.19. The summed E-state index contributed by atoms with van der Waals surface area (Å²) in [6.45, 7) is 3.71. The predicted octanol–water partition coefficient (Wildman–Crippen LogP) is 4.31. The van der Waals surface area contributed by atoms with Gasteiger partial charge in [-0.15, -0.1) is 0 Å². The third kappa shape index (κ3) is 5.88. The molecule has 168 valence electrons. The number of benzene rings is 3. The lowest BCUT2D eigenvalue weighted by molar-refractivity contribution is -0.122. The van der Waals surface area contributed by atoms with E-state index in [0.717, 1.165) is 11.1 Å². The van der Waals surface area contributed by atoms with E-state index in [4.69, 9.17) is 16.3 Å². The standard InChI is InChI=1S/C24H25ClN2O4S/c1-3-31-22-15-14-20(16-21(22)25)32(29,30)27-17(2)24(28)26-23(18-10-6-4-7-11-18)19-12-8-5-9-13-19/h4-17,23,27H,3H2,1-2H3,(H,26,28)/t17-/m1/s1. The normalized spacial score (nSPS) is 12.4. The average molecular weight is 473 g/mol. The van der Waals surface area contributed by atoms with Gasteiger partial charge < -0.3 is 10.1 Å². The number of carbonyl (C=O) groups is 1. The second-order valence-corrected chi connectivity index (χ2v) is 9.25. The molecule has 3 rings (SSSR count). The Labute approximate surface area is 193 Å². The van der Waals surface area contributed by atoms with E-state index in [1.807, 2.05) is 60.7 Å². The van der Waals surface area contributed by atoms with E-state index in [1.54, 1.807) is 6.92 Å². The predicted molar refractivity (Wildman–Crippen MR) is 125 cm³/mol. The Morgan fingerprint density at radius 3 is 2.03 bits per heavy atom. The highest BCUT2D eigenvalue weighted by molar-refractivity contribution is 7.89. The van der Waals surface area contributed by atoms with E-state index in [9.17, 15) is 13.2 Å². The molecule has 0 aliphatic carbocycles. The monoisotopic (exact) mass is 472 g/mol. The minimum absolute atomic E-state index is 0.0479. The van der Waals surface area contributed by atoms with E-state index < -0.39 is 28.0 Å². The number of hydrogen-bond donors (Lipinski definition) is 2. The summed E-state index contributed by atoms with van der Waals surface area (Å²) in [5.74, 6) is -0.0595. The SMILES string of the molecule is CCOc1ccc(S(=O)(=O)N[C@H](C)C(=O)NC(c2ccccc2)c2ccccc2)cc1Cl. The van der Waals surface area contributed by atoms with Crippen molar-refractivity contribution in [2.45, 2.75) is 30.8 Å². The summed E-state index contributed by atoms with van der Waals surface area (Å²) >= 11 is 6.12. The first-order valence-corrected chi connectivity index (χ1v) is 12.0. The number of hydrogen-bond acceptors (Lipinski definition) is 4. The Bertz CT molecular complexity index is 1120. The molecule has 0 saturated carbocycles. The molecule has 2 N–H and O–H groups in total. The number of amides is 1. The molecule has 0 unspecified atom stereocenters. The molecule has 6 nitrogen and oxygen atoms in total. The maximum absolute atomic E-state index is 12.9. The molecule has 0 radical (unpaired) electrons. The van der Waals surface area contributed by atoms with Crippen LogP contribution in [0.4, 0.5) is 0 Å². The van der Waals surface area contributed by atoms with Gasteiger partial charge in [-0.1, -0.05) is 72.3 Å². The number of sulfonamides is 1. The fraction of sp³-hybridized carbons (Fsp3) is 0.208. The van der Waals surface area contributed by atoms with E-state index in [2.05, 4.69) is 10.0 Å². The van der Waals surface area contributed by atoms with Crippen molar-refractivity contribution in [3.05, 3.63) is 95.0 Å². The van der Waals surface area contributed by atoms with Gasteiger partial charge in [-0.25, -0.2) is 8.42 Å². The number of halogens is 1. The topological polar surface area (TPSA) is 84.5 Å². The van der Waals surface area contributed by atoms with Gasteiger partial charge in [0.05, 0.1) is 28.6 Å². The first kappa shape index (κ1) is 23.8. The van der Waals surface area contributed by atoms with Gasteiger partial charge >= 0.3 is 0 Å². The first-order chi connectivity index (χ1) is 15.3. The maximum Gasteiger partial charge on any atom is 0.241 e. The molecule has 32 heavy (non-hydrogen) atoms. The van der Waals surface area contributed by atoms with Crippen LogP contribution in [-0.4, -0.2) is 27.0 Å². The van der Waals surface area contributed by atoms with E-state index in [-0.39, 0.29) is 9.92 Å². The van der Waals surface area contributed by atoms with Crippen LogP contribution in [0.25, 0.3) is 0 Å². The third-order valence-corrected chi connectivity index (χ3v) is 6.62. The molecule has 1 atom stereocenters. The molecule has 8 heteroatoms. The van der Waals surface area contributed by atoms with Crippen LogP contribution in [0.2, 0.25) is 5.02 Å². The summed E-state index contributed by atoms with van der Waals surface area (Å²) < 4.78 is 33.4.